The van der Waals surface area contributed by atoms with Gasteiger partial charge in [0.1, 0.15) is 5.02 Å². The first-order chi connectivity index (χ1) is 8.16. The summed E-state index contributed by atoms with van der Waals surface area (Å²) >= 11 is 5.67. The Hall–Kier alpha value is -1.11. The maximum Gasteiger partial charge on any atom is 0.328 e. The molecule has 2 rings (SSSR count). The SMILES string of the molecule is O=c1[nH]c(=O)n(CCN2CCOCC2)cc1Cl. The zero-order chi connectivity index (χ0) is 12.3. The Balaban J connectivity index is 2.01. The van der Waals surface area contributed by atoms with Gasteiger partial charge < -0.3 is 4.74 Å². The van der Waals surface area contributed by atoms with Gasteiger partial charge in [0.2, 0.25) is 0 Å². The van der Waals surface area contributed by atoms with Crippen LogP contribution in [0.25, 0.3) is 0 Å². The van der Waals surface area contributed by atoms with Crippen LogP contribution in [0.4, 0.5) is 0 Å². The number of rotatable bonds is 3. The van der Waals surface area contributed by atoms with Crippen molar-refractivity contribution >= 4 is 11.6 Å². The molecule has 1 aromatic heterocycles. The molecule has 0 bridgehead atoms. The quantitative estimate of drug-likeness (QED) is 0.796. The van der Waals surface area contributed by atoms with E-state index >= 15 is 0 Å². The van der Waals surface area contributed by atoms with Crippen LogP contribution < -0.4 is 11.2 Å². The summed E-state index contributed by atoms with van der Waals surface area (Å²) in [7, 11) is 0. The molecule has 0 unspecified atom stereocenters. The molecule has 1 N–H and O–H groups in total. The van der Waals surface area contributed by atoms with Gasteiger partial charge in [0, 0.05) is 32.4 Å². The van der Waals surface area contributed by atoms with Crippen LogP contribution in [0.3, 0.4) is 0 Å². The minimum Gasteiger partial charge on any atom is -0.379 e. The summed E-state index contributed by atoms with van der Waals surface area (Å²) in [4.78, 5) is 26.9. The van der Waals surface area contributed by atoms with Crippen LogP contribution in [0.15, 0.2) is 15.8 Å². The Kier molecular flexibility index (Phi) is 3.98. The molecule has 0 radical (unpaired) electrons. The second-order valence-corrected chi connectivity index (χ2v) is 4.29. The lowest BCUT2D eigenvalue weighted by Gasteiger charge is -2.26. The van der Waals surface area contributed by atoms with E-state index in [-0.39, 0.29) is 5.02 Å². The van der Waals surface area contributed by atoms with Gasteiger partial charge in [0.25, 0.3) is 5.56 Å². The third-order valence-corrected chi connectivity index (χ3v) is 3.00. The first kappa shape index (κ1) is 12.3. The Bertz CT molecular complexity index is 490. The Morgan fingerprint density at radius 2 is 2.00 bits per heavy atom. The molecule has 1 aliphatic rings. The molecule has 17 heavy (non-hydrogen) atoms. The summed E-state index contributed by atoms with van der Waals surface area (Å²) in [5.41, 5.74) is -0.966. The molecule has 1 aromatic rings. The van der Waals surface area contributed by atoms with Crippen LogP contribution in [0.2, 0.25) is 5.02 Å². The molecule has 2 heterocycles. The van der Waals surface area contributed by atoms with Gasteiger partial charge in [-0.3, -0.25) is 19.2 Å². The predicted octanol–water partition coefficient (Wildman–Crippen LogP) is -0.478. The van der Waals surface area contributed by atoms with Crippen LogP contribution >= 0.6 is 11.6 Å². The molecule has 0 atom stereocenters. The maximum absolute atomic E-state index is 11.5. The van der Waals surface area contributed by atoms with Gasteiger partial charge in [-0.05, 0) is 0 Å². The van der Waals surface area contributed by atoms with E-state index in [1.165, 1.54) is 10.8 Å². The second kappa shape index (κ2) is 5.48. The number of halogens is 1. The summed E-state index contributed by atoms with van der Waals surface area (Å²) in [5.74, 6) is 0. The first-order valence-corrected chi connectivity index (χ1v) is 5.84. The van der Waals surface area contributed by atoms with E-state index in [9.17, 15) is 9.59 Å². The fourth-order valence-corrected chi connectivity index (χ4v) is 1.89. The average molecular weight is 260 g/mol. The van der Waals surface area contributed by atoms with Crippen molar-refractivity contribution in [3.63, 3.8) is 0 Å². The van der Waals surface area contributed by atoms with Crippen molar-refractivity contribution in [1.82, 2.24) is 14.5 Å². The lowest BCUT2D eigenvalue weighted by molar-refractivity contribution is 0.0362. The molecule has 0 aliphatic carbocycles. The van der Waals surface area contributed by atoms with Gasteiger partial charge in [-0.25, -0.2) is 4.79 Å². The zero-order valence-corrected chi connectivity index (χ0v) is 10.1. The Morgan fingerprint density at radius 3 is 2.71 bits per heavy atom. The maximum atomic E-state index is 11.5. The second-order valence-electron chi connectivity index (χ2n) is 3.88. The number of morpholine rings is 1. The zero-order valence-electron chi connectivity index (χ0n) is 9.32. The standard InChI is InChI=1S/C10H14ClN3O3/c11-8-7-14(10(16)12-9(8)15)2-1-13-3-5-17-6-4-13/h7H,1-6H2,(H,12,15,16). The van der Waals surface area contributed by atoms with Crippen LogP contribution in [-0.2, 0) is 11.3 Å². The highest BCUT2D eigenvalue weighted by Gasteiger charge is 2.10. The minimum absolute atomic E-state index is 0.0339. The Morgan fingerprint density at radius 1 is 1.29 bits per heavy atom. The van der Waals surface area contributed by atoms with Crippen molar-refractivity contribution in [3.05, 3.63) is 32.1 Å². The molecule has 0 spiro atoms. The fourth-order valence-electron chi connectivity index (χ4n) is 1.72. The number of nitrogens with one attached hydrogen (secondary N) is 1. The number of aromatic amines is 1. The number of hydrogen-bond acceptors (Lipinski definition) is 4. The number of aromatic nitrogens is 2. The third-order valence-electron chi connectivity index (χ3n) is 2.73. The first-order valence-electron chi connectivity index (χ1n) is 5.46. The topological polar surface area (TPSA) is 67.3 Å². The minimum atomic E-state index is -0.542. The number of nitrogens with zero attached hydrogens (tertiary/aromatic N) is 2. The van der Waals surface area contributed by atoms with E-state index in [0.29, 0.717) is 6.54 Å². The molecular weight excluding hydrogens is 246 g/mol. The van der Waals surface area contributed by atoms with Crippen molar-refractivity contribution in [3.8, 4) is 0 Å². The number of H-pyrrole nitrogens is 1. The van der Waals surface area contributed by atoms with Crippen molar-refractivity contribution in [2.75, 3.05) is 32.8 Å². The van der Waals surface area contributed by atoms with E-state index in [2.05, 4.69) is 9.88 Å². The van der Waals surface area contributed by atoms with E-state index in [0.717, 1.165) is 32.8 Å². The summed E-state index contributed by atoms with van der Waals surface area (Å²) < 4.78 is 6.65. The average Bonchev–Trinajstić information content (AvgIpc) is 2.33. The molecule has 1 fully saturated rings. The van der Waals surface area contributed by atoms with Crippen molar-refractivity contribution in [2.24, 2.45) is 0 Å². The van der Waals surface area contributed by atoms with E-state index in [4.69, 9.17) is 16.3 Å². The van der Waals surface area contributed by atoms with Crippen LogP contribution in [-0.4, -0.2) is 47.3 Å². The van der Waals surface area contributed by atoms with Gasteiger partial charge in [-0.2, -0.15) is 0 Å². The van der Waals surface area contributed by atoms with Crippen LogP contribution in [0.5, 0.6) is 0 Å². The van der Waals surface area contributed by atoms with Gasteiger partial charge >= 0.3 is 5.69 Å². The van der Waals surface area contributed by atoms with Crippen molar-refractivity contribution < 1.29 is 4.74 Å². The van der Waals surface area contributed by atoms with E-state index < -0.39 is 11.2 Å². The molecule has 6 nitrogen and oxygen atoms in total. The summed E-state index contributed by atoms with van der Waals surface area (Å²) in [6, 6.07) is 0. The third kappa shape index (κ3) is 3.18. The highest BCUT2D eigenvalue weighted by molar-refractivity contribution is 6.30. The van der Waals surface area contributed by atoms with Gasteiger partial charge in [-0.15, -0.1) is 0 Å². The molecular formula is C10H14ClN3O3. The number of hydrogen-bond donors (Lipinski definition) is 1. The van der Waals surface area contributed by atoms with E-state index in [1.54, 1.807) is 0 Å². The van der Waals surface area contributed by atoms with Gasteiger partial charge in [0.15, 0.2) is 0 Å². The Labute approximate surface area is 103 Å². The molecule has 1 aliphatic heterocycles. The normalized spacial score (nSPS) is 17.2. The van der Waals surface area contributed by atoms with Crippen molar-refractivity contribution in [2.45, 2.75) is 6.54 Å². The molecule has 0 aromatic carbocycles. The van der Waals surface area contributed by atoms with E-state index in [1.807, 2.05) is 0 Å². The molecule has 1 saturated heterocycles. The summed E-state index contributed by atoms with van der Waals surface area (Å²) in [6.07, 6.45) is 1.38. The monoisotopic (exact) mass is 259 g/mol. The van der Waals surface area contributed by atoms with Crippen molar-refractivity contribution in [1.29, 1.82) is 0 Å². The van der Waals surface area contributed by atoms with Crippen LogP contribution in [0.1, 0.15) is 0 Å². The van der Waals surface area contributed by atoms with Gasteiger partial charge in [-0.1, -0.05) is 11.6 Å². The highest BCUT2D eigenvalue weighted by Crippen LogP contribution is 1.99. The number of ether oxygens (including phenoxy) is 1. The molecule has 0 amide bonds. The lowest BCUT2D eigenvalue weighted by atomic mass is 10.4. The summed E-state index contributed by atoms with van der Waals surface area (Å²) in [5, 5.41) is 0.0339. The van der Waals surface area contributed by atoms with Gasteiger partial charge in [0.05, 0.1) is 13.2 Å². The molecule has 7 heteroatoms. The molecule has 0 saturated carbocycles. The fraction of sp³-hybridized carbons (Fsp3) is 0.600. The smallest absolute Gasteiger partial charge is 0.328 e. The lowest BCUT2D eigenvalue weighted by Crippen LogP contribution is -2.40. The predicted molar refractivity (Wildman–Crippen MR) is 63.6 cm³/mol. The van der Waals surface area contributed by atoms with Crippen LogP contribution in [0, 0.1) is 0 Å². The molecule has 94 valence electrons. The summed E-state index contributed by atoms with van der Waals surface area (Å²) in [6.45, 7) is 4.43. The largest absolute Gasteiger partial charge is 0.379 e. The highest BCUT2D eigenvalue weighted by atomic mass is 35.5.